The van der Waals surface area contributed by atoms with Gasteiger partial charge in [-0.2, -0.15) is 13.2 Å². The molecule has 1 N–H and O–H groups in total. The van der Waals surface area contributed by atoms with Crippen molar-refractivity contribution < 1.29 is 18.0 Å². The van der Waals surface area contributed by atoms with Gasteiger partial charge in [0.1, 0.15) is 9.76 Å². The molecule has 37 heavy (non-hydrogen) atoms. The van der Waals surface area contributed by atoms with Gasteiger partial charge in [-0.25, -0.2) is 9.97 Å². The first kappa shape index (κ1) is 27.6. The van der Waals surface area contributed by atoms with Crippen LogP contribution in [0.15, 0.2) is 59.3 Å². The molecule has 2 aromatic heterocycles. The van der Waals surface area contributed by atoms with Crippen LogP contribution in [0.25, 0.3) is 6.08 Å². The van der Waals surface area contributed by atoms with Crippen LogP contribution in [0.3, 0.4) is 0 Å². The fourth-order valence-electron chi connectivity index (χ4n) is 4.15. The first-order valence-corrected chi connectivity index (χ1v) is 13.0. The maximum Gasteiger partial charge on any atom is 0.419 e. The Bertz CT molecular complexity index is 1290. The standard InChI is InChI=1S/C26H22BrCl2F3N4O/c27-24-20(26(30,31)32)15-21(34-25(37)18-7-10-33-22(29)14-18)23(35-24)17-8-12-36(13-9-17)11-1-2-16-3-5-19(28)6-4-16/h1-7,10,14-15,17H,8-9,11-13H2,(H,34,37). The number of nitrogens with zero attached hydrogens (tertiary/aromatic N) is 3. The summed E-state index contributed by atoms with van der Waals surface area (Å²) in [5.74, 6) is -0.709. The van der Waals surface area contributed by atoms with Crippen LogP contribution in [0.5, 0.6) is 0 Å². The molecule has 0 aliphatic carbocycles. The summed E-state index contributed by atoms with van der Waals surface area (Å²) < 4.78 is 40.5. The Morgan fingerprint density at radius 2 is 1.84 bits per heavy atom. The lowest BCUT2D eigenvalue weighted by Gasteiger charge is -2.32. The number of halogens is 6. The van der Waals surface area contributed by atoms with Crippen LogP contribution in [0.4, 0.5) is 18.9 Å². The van der Waals surface area contributed by atoms with Gasteiger partial charge in [-0.15, -0.1) is 0 Å². The van der Waals surface area contributed by atoms with Crippen LogP contribution in [-0.2, 0) is 6.18 Å². The Balaban J connectivity index is 1.49. The van der Waals surface area contributed by atoms with E-state index in [9.17, 15) is 18.0 Å². The lowest BCUT2D eigenvalue weighted by atomic mass is 9.91. The van der Waals surface area contributed by atoms with E-state index >= 15 is 0 Å². The number of anilines is 1. The van der Waals surface area contributed by atoms with Crippen LogP contribution in [0.2, 0.25) is 10.2 Å². The number of benzene rings is 1. The number of nitrogens with one attached hydrogen (secondary N) is 1. The molecule has 1 fully saturated rings. The second-order valence-electron chi connectivity index (χ2n) is 8.61. The Hall–Kier alpha value is -2.46. The van der Waals surface area contributed by atoms with Crippen molar-refractivity contribution in [1.82, 2.24) is 14.9 Å². The van der Waals surface area contributed by atoms with Crippen molar-refractivity contribution in [2.75, 3.05) is 25.0 Å². The zero-order valence-electron chi connectivity index (χ0n) is 19.4. The molecule has 0 atom stereocenters. The molecule has 11 heteroatoms. The molecule has 1 aliphatic heterocycles. The number of carbonyl (C=O) groups is 1. The highest BCUT2D eigenvalue weighted by molar-refractivity contribution is 9.10. The number of hydrogen-bond donors (Lipinski definition) is 1. The van der Waals surface area contributed by atoms with Crippen molar-refractivity contribution in [2.24, 2.45) is 0 Å². The lowest BCUT2D eigenvalue weighted by Crippen LogP contribution is -2.33. The van der Waals surface area contributed by atoms with Crippen molar-refractivity contribution in [1.29, 1.82) is 0 Å². The largest absolute Gasteiger partial charge is 0.419 e. The molecule has 3 heterocycles. The normalized spacial score (nSPS) is 15.3. The molecule has 1 aliphatic rings. The van der Waals surface area contributed by atoms with Gasteiger partial charge >= 0.3 is 6.18 Å². The number of rotatable bonds is 6. The van der Waals surface area contributed by atoms with Gasteiger partial charge in [0.25, 0.3) is 5.91 Å². The molecule has 0 bridgehead atoms. The van der Waals surface area contributed by atoms with Crippen molar-refractivity contribution in [2.45, 2.75) is 24.9 Å². The van der Waals surface area contributed by atoms with E-state index in [0.717, 1.165) is 31.3 Å². The molecule has 0 saturated carbocycles. The summed E-state index contributed by atoms with van der Waals surface area (Å²) >= 11 is 14.8. The van der Waals surface area contributed by atoms with Crippen molar-refractivity contribution >= 4 is 56.8 Å². The molecule has 3 aromatic rings. The SMILES string of the molecule is O=C(Nc1cc(C(F)(F)F)c(Br)nc1C1CCN(CC=Cc2ccc(Cl)cc2)CC1)c1ccnc(Cl)c1. The van der Waals surface area contributed by atoms with E-state index in [4.69, 9.17) is 23.2 Å². The number of amides is 1. The van der Waals surface area contributed by atoms with E-state index < -0.39 is 17.6 Å². The summed E-state index contributed by atoms with van der Waals surface area (Å²) in [6, 6.07) is 11.3. The average molecular weight is 614 g/mol. The van der Waals surface area contributed by atoms with Crippen LogP contribution >= 0.6 is 39.1 Å². The predicted octanol–water partition coefficient (Wildman–Crippen LogP) is 7.71. The Kier molecular flexibility index (Phi) is 8.90. The summed E-state index contributed by atoms with van der Waals surface area (Å²) in [4.78, 5) is 23.2. The van der Waals surface area contributed by atoms with Gasteiger partial charge in [0.2, 0.25) is 0 Å². The van der Waals surface area contributed by atoms with Gasteiger partial charge < -0.3 is 5.32 Å². The fraction of sp³-hybridized carbons (Fsp3) is 0.269. The highest BCUT2D eigenvalue weighted by Gasteiger charge is 2.36. The molecule has 194 valence electrons. The highest BCUT2D eigenvalue weighted by Crippen LogP contribution is 2.40. The Morgan fingerprint density at radius 1 is 1.14 bits per heavy atom. The van der Waals surface area contributed by atoms with Crippen molar-refractivity contribution in [3.05, 3.63) is 91.9 Å². The molecule has 0 radical (unpaired) electrons. The minimum Gasteiger partial charge on any atom is -0.320 e. The molecule has 1 aromatic carbocycles. The van der Waals surface area contributed by atoms with Gasteiger partial charge in [0.15, 0.2) is 0 Å². The summed E-state index contributed by atoms with van der Waals surface area (Å²) in [5, 5.41) is 3.41. The Morgan fingerprint density at radius 3 is 2.49 bits per heavy atom. The molecule has 0 spiro atoms. The van der Waals surface area contributed by atoms with Gasteiger partial charge in [-0.3, -0.25) is 9.69 Å². The van der Waals surface area contributed by atoms with E-state index in [1.807, 2.05) is 30.3 Å². The Labute approximate surface area is 230 Å². The van der Waals surface area contributed by atoms with E-state index in [-0.39, 0.29) is 26.9 Å². The van der Waals surface area contributed by atoms with E-state index in [2.05, 4.69) is 42.2 Å². The van der Waals surface area contributed by atoms with Gasteiger partial charge in [0, 0.05) is 29.2 Å². The summed E-state index contributed by atoms with van der Waals surface area (Å²) in [6.07, 6.45) is 2.19. The van der Waals surface area contributed by atoms with Crippen LogP contribution in [0.1, 0.15) is 45.9 Å². The van der Waals surface area contributed by atoms with Gasteiger partial charge in [-0.05, 0) is 77.8 Å². The predicted molar refractivity (Wildman–Crippen MR) is 143 cm³/mol. The van der Waals surface area contributed by atoms with Crippen molar-refractivity contribution in [3.63, 3.8) is 0 Å². The van der Waals surface area contributed by atoms with Crippen LogP contribution < -0.4 is 5.32 Å². The smallest absolute Gasteiger partial charge is 0.320 e. The van der Waals surface area contributed by atoms with E-state index in [1.165, 1.54) is 18.3 Å². The molecular weight excluding hydrogens is 592 g/mol. The number of aromatic nitrogens is 2. The maximum atomic E-state index is 13.6. The lowest BCUT2D eigenvalue weighted by molar-refractivity contribution is -0.138. The number of likely N-dealkylation sites (tertiary alicyclic amines) is 1. The third-order valence-electron chi connectivity index (χ3n) is 6.07. The number of piperidine rings is 1. The zero-order chi connectivity index (χ0) is 26.6. The van der Waals surface area contributed by atoms with Crippen LogP contribution in [0, 0.1) is 0 Å². The number of alkyl halides is 3. The number of pyridine rings is 2. The van der Waals surface area contributed by atoms with E-state index in [1.54, 1.807) is 0 Å². The summed E-state index contributed by atoms with van der Waals surface area (Å²) in [7, 11) is 0. The zero-order valence-corrected chi connectivity index (χ0v) is 22.5. The first-order chi connectivity index (χ1) is 17.6. The second kappa shape index (κ2) is 11.9. The van der Waals surface area contributed by atoms with Gasteiger partial charge in [-0.1, -0.05) is 47.5 Å². The minimum absolute atomic E-state index is 0.0366. The first-order valence-electron chi connectivity index (χ1n) is 11.4. The monoisotopic (exact) mass is 612 g/mol. The van der Waals surface area contributed by atoms with Crippen molar-refractivity contribution in [3.8, 4) is 0 Å². The van der Waals surface area contributed by atoms with Crippen LogP contribution in [-0.4, -0.2) is 40.4 Å². The second-order valence-corrected chi connectivity index (χ2v) is 10.2. The topological polar surface area (TPSA) is 58.1 Å². The number of hydrogen-bond acceptors (Lipinski definition) is 4. The molecule has 1 saturated heterocycles. The maximum absolute atomic E-state index is 13.6. The van der Waals surface area contributed by atoms with Gasteiger partial charge in [0.05, 0.1) is 16.9 Å². The average Bonchev–Trinajstić information content (AvgIpc) is 2.86. The molecule has 4 rings (SSSR count). The summed E-state index contributed by atoms with van der Waals surface area (Å²) in [6.45, 7) is 2.22. The van der Waals surface area contributed by atoms with E-state index in [0.29, 0.717) is 23.6 Å². The molecule has 1 amide bonds. The highest BCUT2D eigenvalue weighted by atomic mass is 79.9. The number of carbonyl (C=O) groups excluding carboxylic acids is 1. The quantitative estimate of drug-likeness (QED) is 0.289. The third-order valence-corrected chi connectivity index (χ3v) is 7.13. The summed E-state index contributed by atoms with van der Waals surface area (Å²) in [5.41, 5.74) is 0.738. The molecular formula is C26H22BrCl2F3N4O. The molecule has 5 nitrogen and oxygen atoms in total. The molecule has 0 unspecified atom stereocenters. The fourth-order valence-corrected chi connectivity index (χ4v) is 4.98. The third kappa shape index (κ3) is 7.31. The minimum atomic E-state index is -4.64.